The number of aliphatic hydroxyl groups excluding tert-OH is 1. The van der Waals surface area contributed by atoms with Gasteiger partial charge in [-0.1, -0.05) is 43.3 Å². The molecular formula is C19H22FNO2S. The molecule has 0 fully saturated rings. The molecule has 0 unspecified atom stereocenters. The molecule has 0 saturated carbocycles. The van der Waals surface area contributed by atoms with Crippen LogP contribution in [0.2, 0.25) is 0 Å². The van der Waals surface area contributed by atoms with Crippen molar-refractivity contribution in [2.24, 2.45) is 5.41 Å². The first kappa shape index (κ1) is 18.5. The topological polar surface area (TPSA) is 49.3 Å². The summed E-state index contributed by atoms with van der Waals surface area (Å²) in [6.07, 6.45) is 2.43. The van der Waals surface area contributed by atoms with Crippen molar-refractivity contribution in [2.45, 2.75) is 18.2 Å². The van der Waals surface area contributed by atoms with E-state index in [1.807, 2.05) is 37.3 Å². The van der Waals surface area contributed by atoms with Crippen molar-refractivity contribution in [1.29, 1.82) is 0 Å². The van der Waals surface area contributed by atoms with Crippen molar-refractivity contribution < 1.29 is 14.3 Å². The van der Waals surface area contributed by atoms with E-state index in [0.717, 1.165) is 5.56 Å². The first-order chi connectivity index (χ1) is 11.5. The van der Waals surface area contributed by atoms with Crippen LogP contribution in [0.1, 0.15) is 22.8 Å². The van der Waals surface area contributed by atoms with E-state index in [4.69, 9.17) is 0 Å². The smallest absolute Gasteiger partial charge is 0.255 e. The van der Waals surface area contributed by atoms with E-state index >= 15 is 0 Å². The molecule has 0 radical (unpaired) electrons. The van der Waals surface area contributed by atoms with Crippen molar-refractivity contribution >= 4 is 17.7 Å². The first-order valence-electron chi connectivity index (χ1n) is 7.74. The van der Waals surface area contributed by atoms with Crippen LogP contribution in [-0.4, -0.2) is 30.4 Å². The van der Waals surface area contributed by atoms with E-state index in [1.165, 1.54) is 17.8 Å². The van der Waals surface area contributed by atoms with Crippen molar-refractivity contribution in [3.05, 3.63) is 65.5 Å². The fraction of sp³-hybridized carbons (Fsp3) is 0.316. The van der Waals surface area contributed by atoms with Gasteiger partial charge in [0.05, 0.1) is 12.2 Å². The van der Waals surface area contributed by atoms with Gasteiger partial charge in [0.25, 0.3) is 5.91 Å². The van der Waals surface area contributed by atoms with E-state index in [2.05, 4.69) is 5.32 Å². The summed E-state index contributed by atoms with van der Waals surface area (Å²) in [6, 6.07) is 14.4. The third-order valence-electron chi connectivity index (χ3n) is 3.95. The highest BCUT2D eigenvalue weighted by atomic mass is 32.2. The molecule has 0 aliphatic rings. The van der Waals surface area contributed by atoms with Crippen LogP contribution in [-0.2, 0) is 6.42 Å². The lowest BCUT2D eigenvalue weighted by atomic mass is 9.84. The largest absolute Gasteiger partial charge is 0.396 e. The Kier molecular flexibility index (Phi) is 6.40. The Labute approximate surface area is 146 Å². The molecule has 2 aromatic carbocycles. The zero-order chi connectivity index (χ0) is 17.6. The maximum Gasteiger partial charge on any atom is 0.255 e. The number of rotatable bonds is 7. The molecule has 1 atom stereocenters. The molecule has 2 N–H and O–H groups in total. The fourth-order valence-corrected chi connectivity index (χ4v) is 3.15. The SMILES string of the molecule is CSc1cccc(F)c1C(=O)NC[C@@](C)(CO)Cc1ccccc1. The summed E-state index contributed by atoms with van der Waals surface area (Å²) in [5, 5.41) is 12.5. The minimum atomic E-state index is -0.534. The number of nitrogens with one attached hydrogen (secondary N) is 1. The lowest BCUT2D eigenvalue weighted by molar-refractivity contribution is 0.0888. The van der Waals surface area contributed by atoms with E-state index in [-0.39, 0.29) is 18.7 Å². The second kappa shape index (κ2) is 8.31. The van der Waals surface area contributed by atoms with Gasteiger partial charge < -0.3 is 10.4 Å². The summed E-state index contributed by atoms with van der Waals surface area (Å²) in [7, 11) is 0. The molecule has 24 heavy (non-hydrogen) atoms. The Bertz CT molecular complexity index is 693. The van der Waals surface area contributed by atoms with Crippen LogP contribution in [0.15, 0.2) is 53.4 Å². The summed E-state index contributed by atoms with van der Waals surface area (Å²) in [5.41, 5.74) is 0.630. The number of carbonyl (C=O) groups is 1. The summed E-state index contributed by atoms with van der Waals surface area (Å²) >= 11 is 1.33. The molecule has 0 bridgehead atoms. The van der Waals surface area contributed by atoms with Gasteiger partial charge in [-0.15, -0.1) is 11.8 Å². The number of amides is 1. The van der Waals surface area contributed by atoms with Crippen LogP contribution in [0.4, 0.5) is 4.39 Å². The Morgan fingerprint density at radius 1 is 1.21 bits per heavy atom. The Hall–Kier alpha value is -1.85. The van der Waals surface area contributed by atoms with E-state index < -0.39 is 17.1 Å². The third-order valence-corrected chi connectivity index (χ3v) is 4.73. The average molecular weight is 347 g/mol. The Morgan fingerprint density at radius 2 is 1.92 bits per heavy atom. The maximum absolute atomic E-state index is 14.0. The number of aliphatic hydroxyl groups is 1. The zero-order valence-corrected chi connectivity index (χ0v) is 14.7. The fourth-order valence-electron chi connectivity index (χ4n) is 2.54. The van der Waals surface area contributed by atoms with Crippen LogP contribution in [0.3, 0.4) is 0 Å². The van der Waals surface area contributed by atoms with Crippen LogP contribution in [0.25, 0.3) is 0 Å². The summed E-state index contributed by atoms with van der Waals surface area (Å²) < 4.78 is 14.0. The van der Waals surface area contributed by atoms with E-state index in [0.29, 0.717) is 11.3 Å². The lowest BCUT2D eigenvalue weighted by Gasteiger charge is -2.28. The van der Waals surface area contributed by atoms with Gasteiger partial charge in [-0.3, -0.25) is 4.79 Å². The molecule has 0 aliphatic heterocycles. The molecule has 128 valence electrons. The van der Waals surface area contributed by atoms with Gasteiger partial charge in [0.1, 0.15) is 5.82 Å². The first-order valence-corrected chi connectivity index (χ1v) is 8.97. The predicted molar refractivity (Wildman–Crippen MR) is 95.9 cm³/mol. The molecule has 5 heteroatoms. The monoisotopic (exact) mass is 347 g/mol. The lowest BCUT2D eigenvalue weighted by Crippen LogP contribution is -2.40. The predicted octanol–water partition coefficient (Wildman–Crippen LogP) is 3.52. The highest BCUT2D eigenvalue weighted by Gasteiger charge is 2.26. The molecule has 0 heterocycles. The number of benzene rings is 2. The molecule has 0 saturated heterocycles. The van der Waals surface area contributed by atoms with Crippen LogP contribution in [0.5, 0.6) is 0 Å². The molecule has 2 rings (SSSR count). The normalized spacial score (nSPS) is 13.3. The Balaban J connectivity index is 2.09. The highest BCUT2D eigenvalue weighted by molar-refractivity contribution is 7.98. The van der Waals surface area contributed by atoms with Gasteiger partial charge in [0.2, 0.25) is 0 Å². The minimum absolute atomic E-state index is 0.0602. The van der Waals surface area contributed by atoms with Crippen molar-refractivity contribution in [1.82, 2.24) is 5.32 Å². The van der Waals surface area contributed by atoms with Crippen molar-refractivity contribution in [2.75, 3.05) is 19.4 Å². The van der Waals surface area contributed by atoms with Gasteiger partial charge >= 0.3 is 0 Å². The van der Waals surface area contributed by atoms with Crippen LogP contribution >= 0.6 is 11.8 Å². The van der Waals surface area contributed by atoms with Crippen molar-refractivity contribution in [3.8, 4) is 0 Å². The summed E-state index contributed by atoms with van der Waals surface area (Å²) in [6.45, 7) is 2.09. The number of hydrogen-bond acceptors (Lipinski definition) is 3. The molecule has 0 spiro atoms. The second-order valence-electron chi connectivity index (χ2n) is 6.13. The second-order valence-corrected chi connectivity index (χ2v) is 6.98. The maximum atomic E-state index is 14.0. The third kappa shape index (κ3) is 4.58. The number of thioether (sulfide) groups is 1. The quantitative estimate of drug-likeness (QED) is 0.754. The number of carbonyl (C=O) groups excluding carboxylic acids is 1. The summed E-state index contributed by atoms with van der Waals surface area (Å²) in [5.74, 6) is -0.988. The van der Waals surface area contributed by atoms with E-state index in [9.17, 15) is 14.3 Å². The number of hydrogen-bond donors (Lipinski definition) is 2. The summed E-state index contributed by atoms with van der Waals surface area (Å²) in [4.78, 5) is 13.0. The molecule has 3 nitrogen and oxygen atoms in total. The highest BCUT2D eigenvalue weighted by Crippen LogP contribution is 2.24. The molecule has 1 amide bonds. The number of halogens is 1. The molecular weight excluding hydrogens is 325 g/mol. The van der Waals surface area contributed by atoms with Crippen LogP contribution in [0, 0.1) is 11.2 Å². The van der Waals surface area contributed by atoms with E-state index in [1.54, 1.807) is 18.4 Å². The molecule has 0 aliphatic carbocycles. The van der Waals surface area contributed by atoms with Crippen molar-refractivity contribution in [3.63, 3.8) is 0 Å². The molecule has 2 aromatic rings. The van der Waals surface area contributed by atoms with Gasteiger partial charge in [0, 0.05) is 16.9 Å². The Morgan fingerprint density at radius 3 is 2.54 bits per heavy atom. The van der Waals surface area contributed by atoms with Gasteiger partial charge in [-0.25, -0.2) is 4.39 Å². The van der Waals surface area contributed by atoms with Crippen LogP contribution < -0.4 is 5.32 Å². The molecule has 0 aromatic heterocycles. The van der Waals surface area contributed by atoms with Gasteiger partial charge in [-0.05, 0) is 30.4 Å². The minimum Gasteiger partial charge on any atom is -0.396 e. The average Bonchev–Trinajstić information content (AvgIpc) is 2.60. The van der Waals surface area contributed by atoms with Gasteiger partial charge in [-0.2, -0.15) is 0 Å². The standard InChI is InChI=1S/C19H22FNO2S/c1-19(13-22,11-14-7-4-3-5-8-14)12-21-18(23)17-15(20)9-6-10-16(17)24-2/h3-10,22H,11-13H2,1-2H3,(H,21,23)/t19-/m0/s1. The van der Waals surface area contributed by atoms with Gasteiger partial charge in [0.15, 0.2) is 0 Å². The zero-order valence-electron chi connectivity index (χ0n) is 13.9.